The molecule has 1 atom stereocenters. The van der Waals surface area contributed by atoms with Gasteiger partial charge in [-0.1, -0.05) is 37.3 Å². The Hall–Kier alpha value is -2.54. The van der Waals surface area contributed by atoms with Gasteiger partial charge in [-0.3, -0.25) is 4.79 Å². The third-order valence-corrected chi connectivity index (χ3v) is 3.11. The van der Waals surface area contributed by atoms with Crippen molar-refractivity contribution in [1.82, 2.24) is 10.6 Å². The maximum atomic E-state index is 12.0. The SMILES string of the molecule is C=CCN/C=C(/C#N)C(=O)NC(C)c1ccc(CC)cc1. The van der Waals surface area contributed by atoms with Crippen LogP contribution in [0.25, 0.3) is 0 Å². The molecule has 0 fully saturated rings. The number of rotatable bonds is 7. The van der Waals surface area contributed by atoms with Crippen molar-refractivity contribution in [1.29, 1.82) is 5.26 Å². The van der Waals surface area contributed by atoms with Gasteiger partial charge in [0.15, 0.2) is 0 Å². The van der Waals surface area contributed by atoms with Gasteiger partial charge in [0.2, 0.25) is 0 Å². The van der Waals surface area contributed by atoms with E-state index in [1.807, 2.05) is 37.3 Å². The van der Waals surface area contributed by atoms with Gasteiger partial charge >= 0.3 is 0 Å². The van der Waals surface area contributed by atoms with E-state index in [0.717, 1.165) is 12.0 Å². The molecule has 0 aromatic heterocycles. The lowest BCUT2D eigenvalue weighted by Crippen LogP contribution is -2.28. The maximum Gasteiger partial charge on any atom is 0.263 e. The quantitative estimate of drug-likeness (QED) is 0.350. The minimum Gasteiger partial charge on any atom is -0.386 e. The fourth-order valence-corrected chi connectivity index (χ4v) is 1.79. The van der Waals surface area contributed by atoms with Gasteiger partial charge in [-0.05, 0) is 24.5 Å². The lowest BCUT2D eigenvalue weighted by atomic mass is 10.0. The van der Waals surface area contributed by atoms with Crippen LogP contribution in [-0.2, 0) is 11.2 Å². The minimum atomic E-state index is -0.388. The lowest BCUT2D eigenvalue weighted by molar-refractivity contribution is -0.117. The van der Waals surface area contributed by atoms with Crippen LogP contribution in [0.2, 0.25) is 0 Å². The number of hydrogen-bond acceptors (Lipinski definition) is 3. The third kappa shape index (κ3) is 5.15. The Morgan fingerprint density at radius 1 is 1.43 bits per heavy atom. The Kier molecular flexibility index (Phi) is 6.76. The smallest absolute Gasteiger partial charge is 0.263 e. The van der Waals surface area contributed by atoms with E-state index in [1.54, 1.807) is 6.08 Å². The summed E-state index contributed by atoms with van der Waals surface area (Å²) in [7, 11) is 0. The molecule has 0 bridgehead atoms. The summed E-state index contributed by atoms with van der Waals surface area (Å²) < 4.78 is 0. The molecule has 1 unspecified atom stereocenters. The van der Waals surface area contributed by atoms with Crippen LogP contribution in [0.5, 0.6) is 0 Å². The van der Waals surface area contributed by atoms with E-state index in [-0.39, 0.29) is 17.5 Å². The number of nitrogens with zero attached hydrogens (tertiary/aromatic N) is 1. The molecule has 0 saturated carbocycles. The molecular weight excluding hydrogens is 262 g/mol. The van der Waals surface area contributed by atoms with E-state index in [2.05, 4.69) is 24.1 Å². The highest BCUT2D eigenvalue weighted by molar-refractivity contribution is 5.97. The molecule has 0 spiro atoms. The van der Waals surface area contributed by atoms with E-state index in [9.17, 15) is 4.79 Å². The second-order valence-electron chi connectivity index (χ2n) is 4.66. The number of nitriles is 1. The average Bonchev–Trinajstić information content (AvgIpc) is 2.51. The van der Waals surface area contributed by atoms with Gasteiger partial charge in [0.05, 0.1) is 6.04 Å². The van der Waals surface area contributed by atoms with Gasteiger partial charge in [0, 0.05) is 12.7 Å². The molecule has 0 aliphatic heterocycles. The van der Waals surface area contributed by atoms with Gasteiger partial charge < -0.3 is 10.6 Å². The molecule has 0 saturated heterocycles. The van der Waals surface area contributed by atoms with Crippen molar-refractivity contribution < 1.29 is 4.79 Å². The standard InChI is InChI=1S/C17H21N3O/c1-4-10-19-12-16(11-18)17(21)20-13(3)15-8-6-14(5-2)7-9-15/h4,6-9,12-13,19H,1,5,10H2,2-3H3,(H,20,21)/b16-12-. The van der Waals surface area contributed by atoms with E-state index in [0.29, 0.717) is 6.54 Å². The van der Waals surface area contributed by atoms with E-state index < -0.39 is 0 Å². The summed E-state index contributed by atoms with van der Waals surface area (Å²) in [5, 5.41) is 14.7. The van der Waals surface area contributed by atoms with Gasteiger partial charge in [-0.2, -0.15) is 5.26 Å². The average molecular weight is 283 g/mol. The Morgan fingerprint density at radius 2 is 2.10 bits per heavy atom. The van der Waals surface area contributed by atoms with Gasteiger partial charge in [0.1, 0.15) is 11.6 Å². The number of benzene rings is 1. The summed E-state index contributed by atoms with van der Waals surface area (Å²) >= 11 is 0. The van der Waals surface area contributed by atoms with Crippen LogP contribution >= 0.6 is 0 Å². The first kappa shape index (κ1) is 16.5. The van der Waals surface area contributed by atoms with Crippen LogP contribution in [0.3, 0.4) is 0 Å². The molecule has 0 radical (unpaired) electrons. The lowest BCUT2D eigenvalue weighted by Gasteiger charge is -2.14. The van der Waals surface area contributed by atoms with Crippen molar-refractivity contribution in [3.63, 3.8) is 0 Å². The second-order valence-corrected chi connectivity index (χ2v) is 4.66. The number of carbonyl (C=O) groups is 1. The predicted molar refractivity (Wildman–Crippen MR) is 84.3 cm³/mol. The number of hydrogen-bond donors (Lipinski definition) is 2. The molecule has 1 aromatic rings. The van der Waals surface area contributed by atoms with Crippen LogP contribution in [-0.4, -0.2) is 12.5 Å². The minimum absolute atomic E-state index is 0.0499. The molecule has 0 heterocycles. The molecule has 0 aliphatic carbocycles. The van der Waals surface area contributed by atoms with E-state index in [4.69, 9.17) is 5.26 Å². The Bertz CT molecular complexity index is 552. The zero-order chi connectivity index (χ0) is 15.7. The summed E-state index contributed by atoms with van der Waals surface area (Å²) in [5.41, 5.74) is 2.31. The predicted octanol–water partition coefficient (Wildman–Crippen LogP) is 2.61. The maximum absolute atomic E-state index is 12.0. The summed E-state index contributed by atoms with van der Waals surface area (Å²) in [5.74, 6) is -0.388. The zero-order valence-corrected chi connectivity index (χ0v) is 12.5. The molecular formula is C17H21N3O. The highest BCUT2D eigenvalue weighted by atomic mass is 16.1. The molecule has 1 aromatic carbocycles. The first-order valence-corrected chi connectivity index (χ1v) is 6.96. The van der Waals surface area contributed by atoms with Crippen molar-refractivity contribution >= 4 is 5.91 Å². The van der Waals surface area contributed by atoms with Crippen LogP contribution in [0.15, 0.2) is 48.7 Å². The van der Waals surface area contributed by atoms with Gasteiger partial charge in [-0.15, -0.1) is 6.58 Å². The molecule has 4 heteroatoms. The van der Waals surface area contributed by atoms with Gasteiger partial charge in [-0.25, -0.2) is 0 Å². The number of amides is 1. The molecule has 1 rings (SSSR count). The number of aryl methyl sites for hydroxylation is 1. The second kappa shape index (κ2) is 8.60. The topological polar surface area (TPSA) is 64.9 Å². The molecule has 4 nitrogen and oxygen atoms in total. The first-order valence-electron chi connectivity index (χ1n) is 6.96. The fourth-order valence-electron chi connectivity index (χ4n) is 1.79. The molecule has 1 amide bonds. The zero-order valence-electron chi connectivity index (χ0n) is 12.5. The highest BCUT2D eigenvalue weighted by Crippen LogP contribution is 2.14. The largest absolute Gasteiger partial charge is 0.386 e. The fraction of sp³-hybridized carbons (Fsp3) is 0.294. The van der Waals surface area contributed by atoms with Gasteiger partial charge in [0.25, 0.3) is 5.91 Å². The monoisotopic (exact) mass is 283 g/mol. The summed E-state index contributed by atoms with van der Waals surface area (Å²) in [6.45, 7) is 8.05. The van der Waals surface area contributed by atoms with Crippen LogP contribution in [0.1, 0.15) is 31.0 Å². The Balaban J connectivity index is 2.69. The number of carbonyl (C=O) groups excluding carboxylic acids is 1. The number of nitrogens with one attached hydrogen (secondary N) is 2. The molecule has 0 aliphatic rings. The summed E-state index contributed by atoms with van der Waals surface area (Å²) in [6, 6.07) is 9.82. The molecule has 110 valence electrons. The normalized spacial score (nSPS) is 12.1. The van der Waals surface area contributed by atoms with Crippen molar-refractivity contribution in [2.24, 2.45) is 0 Å². The molecule has 2 N–H and O–H groups in total. The third-order valence-electron chi connectivity index (χ3n) is 3.11. The van der Waals surface area contributed by atoms with Crippen molar-refractivity contribution in [3.8, 4) is 6.07 Å². The van der Waals surface area contributed by atoms with E-state index >= 15 is 0 Å². The molecule has 21 heavy (non-hydrogen) atoms. The summed E-state index contributed by atoms with van der Waals surface area (Å²) in [4.78, 5) is 12.0. The van der Waals surface area contributed by atoms with E-state index in [1.165, 1.54) is 11.8 Å². The van der Waals surface area contributed by atoms with Crippen LogP contribution < -0.4 is 10.6 Å². The van der Waals surface area contributed by atoms with Crippen molar-refractivity contribution in [3.05, 3.63) is 59.8 Å². The first-order chi connectivity index (χ1) is 10.1. The van der Waals surface area contributed by atoms with Crippen LogP contribution in [0, 0.1) is 11.3 Å². The van der Waals surface area contributed by atoms with Crippen molar-refractivity contribution in [2.45, 2.75) is 26.3 Å². The Labute approximate surface area is 126 Å². The van der Waals surface area contributed by atoms with Crippen molar-refractivity contribution in [2.75, 3.05) is 6.54 Å². The Morgan fingerprint density at radius 3 is 2.62 bits per heavy atom. The highest BCUT2D eigenvalue weighted by Gasteiger charge is 2.13. The van der Waals surface area contributed by atoms with Crippen LogP contribution in [0.4, 0.5) is 0 Å². The summed E-state index contributed by atoms with van der Waals surface area (Å²) in [6.07, 6.45) is 4.04.